The van der Waals surface area contributed by atoms with E-state index in [4.69, 9.17) is 0 Å². The third-order valence-electron chi connectivity index (χ3n) is 2.45. The summed E-state index contributed by atoms with van der Waals surface area (Å²) >= 11 is 0. The minimum Gasteiger partial charge on any atom is -0.347 e. The van der Waals surface area contributed by atoms with Crippen LogP contribution in [-0.4, -0.2) is 33.8 Å². The van der Waals surface area contributed by atoms with Crippen molar-refractivity contribution < 1.29 is 0 Å². The monoisotopic (exact) mass is 246 g/mol. The summed E-state index contributed by atoms with van der Waals surface area (Å²) in [6.07, 6.45) is 5.48. The van der Waals surface area contributed by atoms with Crippen LogP contribution in [0.15, 0.2) is 24.7 Å². The molecule has 6 nitrogen and oxygen atoms in total. The Hall–Kier alpha value is -2.11. The number of hydrogen-bond donors (Lipinski definition) is 1. The Kier molecular flexibility index (Phi) is 3.45. The number of anilines is 3. The predicted molar refractivity (Wildman–Crippen MR) is 72.3 cm³/mol. The minimum atomic E-state index is 0.350. The maximum Gasteiger partial charge on any atom is 0.226 e. The molecule has 0 spiro atoms. The molecular weight excluding hydrogens is 228 g/mol. The molecule has 2 heterocycles. The number of hydrogen-bond acceptors (Lipinski definition) is 5. The van der Waals surface area contributed by atoms with Crippen LogP contribution >= 0.6 is 0 Å². The Bertz CT molecular complexity index is 517. The summed E-state index contributed by atoms with van der Waals surface area (Å²) in [5, 5.41) is 7.48. The SMILES string of the molecule is CC(C)n1cc(Nc2ccnc(N(C)C)n2)cn1. The molecule has 1 N–H and O–H groups in total. The zero-order valence-corrected chi connectivity index (χ0v) is 11.1. The summed E-state index contributed by atoms with van der Waals surface area (Å²) in [6, 6.07) is 2.18. The molecule has 0 fully saturated rings. The van der Waals surface area contributed by atoms with Gasteiger partial charge in [0.25, 0.3) is 0 Å². The number of rotatable bonds is 4. The largest absolute Gasteiger partial charge is 0.347 e. The van der Waals surface area contributed by atoms with Crippen molar-refractivity contribution in [3.8, 4) is 0 Å². The van der Waals surface area contributed by atoms with E-state index in [0.29, 0.717) is 12.0 Å². The van der Waals surface area contributed by atoms with E-state index in [1.807, 2.05) is 35.9 Å². The van der Waals surface area contributed by atoms with Crippen LogP contribution in [0.25, 0.3) is 0 Å². The fourth-order valence-electron chi connectivity index (χ4n) is 1.47. The Labute approximate surface area is 107 Å². The number of nitrogens with one attached hydrogen (secondary N) is 1. The average molecular weight is 246 g/mol. The first kappa shape index (κ1) is 12.3. The smallest absolute Gasteiger partial charge is 0.226 e. The normalized spacial score (nSPS) is 10.7. The van der Waals surface area contributed by atoms with Gasteiger partial charge in [0.15, 0.2) is 0 Å². The van der Waals surface area contributed by atoms with Gasteiger partial charge in [-0.2, -0.15) is 10.1 Å². The molecule has 0 saturated heterocycles. The topological polar surface area (TPSA) is 58.9 Å². The molecule has 2 aromatic heterocycles. The Morgan fingerprint density at radius 2 is 2.11 bits per heavy atom. The summed E-state index contributed by atoms with van der Waals surface area (Å²) in [6.45, 7) is 4.18. The van der Waals surface area contributed by atoms with Crippen LogP contribution in [0.1, 0.15) is 19.9 Å². The molecule has 0 bridgehead atoms. The van der Waals surface area contributed by atoms with Crippen molar-refractivity contribution in [1.82, 2.24) is 19.7 Å². The van der Waals surface area contributed by atoms with Gasteiger partial charge in [-0.3, -0.25) is 4.68 Å². The molecule has 0 aliphatic rings. The van der Waals surface area contributed by atoms with E-state index < -0.39 is 0 Å². The number of aromatic nitrogens is 4. The van der Waals surface area contributed by atoms with Gasteiger partial charge in [-0.15, -0.1) is 0 Å². The minimum absolute atomic E-state index is 0.350. The third kappa shape index (κ3) is 2.77. The molecule has 0 radical (unpaired) electrons. The molecule has 0 aromatic carbocycles. The maximum atomic E-state index is 4.39. The van der Waals surface area contributed by atoms with Gasteiger partial charge in [0.1, 0.15) is 5.82 Å². The molecule has 0 aliphatic carbocycles. The van der Waals surface area contributed by atoms with Crippen molar-refractivity contribution in [2.75, 3.05) is 24.3 Å². The molecule has 0 unspecified atom stereocenters. The van der Waals surface area contributed by atoms with Crippen LogP contribution in [0, 0.1) is 0 Å². The highest BCUT2D eigenvalue weighted by molar-refractivity contribution is 5.54. The Balaban J connectivity index is 2.15. The maximum absolute atomic E-state index is 4.39. The van der Waals surface area contributed by atoms with E-state index in [-0.39, 0.29) is 0 Å². The molecule has 6 heteroatoms. The van der Waals surface area contributed by atoms with Crippen molar-refractivity contribution in [3.05, 3.63) is 24.7 Å². The van der Waals surface area contributed by atoms with Crippen molar-refractivity contribution in [1.29, 1.82) is 0 Å². The van der Waals surface area contributed by atoms with Gasteiger partial charge in [-0.05, 0) is 19.9 Å². The molecule has 0 saturated carbocycles. The fraction of sp³-hybridized carbons (Fsp3) is 0.417. The highest BCUT2D eigenvalue weighted by Crippen LogP contribution is 2.16. The zero-order chi connectivity index (χ0) is 13.1. The zero-order valence-electron chi connectivity index (χ0n) is 11.1. The van der Waals surface area contributed by atoms with Crippen molar-refractivity contribution in [2.45, 2.75) is 19.9 Å². The fourth-order valence-corrected chi connectivity index (χ4v) is 1.47. The van der Waals surface area contributed by atoms with Crippen LogP contribution in [0.3, 0.4) is 0 Å². The first-order valence-corrected chi connectivity index (χ1v) is 5.88. The summed E-state index contributed by atoms with van der Waals surface area (Å²) in [5.41, 5.74) is 0.923. The second-order valence-electron chi connectivity index (χ2n) is 4.56. The first-order chi connectivity index (χ1) is 8.56. The molecule has 96 valence electrons. The van der Waals surface area contributed by atoms with Gasteiger partial charge in [-0.25, -0.2) is 4.98 Å². The second kappa shape index (κ2) is 5.03. The van der Waals surface area contributed by atoms with Crippen molar-refractivity contribution in [3.63, 3.8) is 0 Å². The van der Waals surface area contributed by atoms with E-state index in [1.165, 1.54) is 0 Å². The second-order valence-corrected chi connectivity index (χ2v) is 4.56. The lowest BCUT2D eigenvalue weighted by Crippen LogP contribution is -2.12. The summed E-state index contributed by atoms with van der Waals surface area (Å²) < 4.78 is 1.90. The van der Waals surface area contributed by atoms with Gasteiger partial charge in [0, 0.05) is 32.5 Å². The van der Waals surface area contributed by atoms with E-state index in [9.17, 15) is 0 Å². The van der Waals surface area contributed by atoms with E-state index in [0.717, 1.165) is 11.5 Å². The van der Waals surface area contributed by atoms with Gasteiger partial charge in [-0.1, -0.05) is 0 Å². The molecule has 0 amide bonds. The third-order valence-corrected chi connectivity index (χ3v) is 2.45. The lowest BCUT2D eigenvalue weighted by molar-refractivity contribution is 0.532. The lowest BCUT2D eigenvalue weighted by Gasteiger charge is -2.11. The highest BCUT2D eigenvalue weighted by atomic mass is 15.3. The molecular formula is C12H18N6. The van der Waals surface area contributed by atoms with Crippen LogP contribution < -0.4 is 10.2 Å². The summed E-state index contributed by atoms with van der Waals surface area (Å²) in [7, 11) is 3.83. The van der Waals surface area contributed by atoms with Crippen molar-refractivity contribution in [2.24, 2.45) is 0 Å². The van der Waals surface area contributed by atoms with Gasteiger partial charge < -0.3 is 10.2 Å². The quantitative estimate of drug-likeness (QED) is 0.894. The summed E-state index contributed by atoms with van der Waals surface area (Å²) in [5.74, 6) is 1.44. The predicted octanol–water partition coefficient (Wildman–Crippen LogP) is 2.06. The van der Waals surface area contributed by atoms with E-state index in [2.05, 4.69) is 34.2 Å². The van der Waals surface area contributed by atoms with Crippen LogP contribution in [0.4, 0.5) is 17.5 Å². The van der Waals surface area contributed by atoms with Crippen molar-refractivity contribution >= 4 is 17.5 Å². The molecule has 0 atom stereocenters. The van der Waals surface area contributed by atoms with Crippen LogP contribution in [-0.2, 0) is 0 Å². The molecule has 18 heavy (non-hydrogen) atoms. The van der Waals surface area contributed by atoms with Gasteiger partial charge in [0.2, 0.25) is 5.95 Å². The Morgan fingerprint density at radius 1 is 1.33 bits per heavy atom. The van der Waals surface area contributed by atoms with E-state index in [1.54, 1.807) is 12.4 Å². The van der Waals surface area contributed by atoms with Gasteiger partial charge >= 0.3 is 0 Å². The van der Waals surface area contributed by atoms with Crippen LogP contribution in [0.2, 0.25) is 0 Å². The van der Waals surface area contributed by atoms with E-state index >= 15 is 0 Å². The van der Waals surface area contributed by atoms with Crippen LogP contribution in [0.5, 0.6) is 0 Å². The standard InChI is InChI=1S/C12H18N6/c1-9(2)18-8-10(7-14-18)15-11-5-6-13-12(16-11)17(3)4/h5-9H,1-4H3,(H,13,15,16). The lowest BCUT2D eigenvalue weighted by atomic mass is 10.4. The molecule has 2 rings (SSSR count). The average Bonchev–Trinajstić information content (AvgIpc) is 2.78. The van der Waals surface area contributed by atoms with Gasteiger partial charge in [0.05, 0.1) is 11.9 Å². The highest BCUT2D eigenvalue weighted by Gasteiger charge is 2.04. The Morgan fingerprint density at radius 3 is 2.72 bits per heavy atom. The first-order valence-electron chi connectivity index (χ1n) is 5.88. The summed E-state index contributed by atoms with van der Waals surface area (Å²) in [4.78, 5) is 10.4. The molecule has 2 aromatic rings. The molecule has 0 aliphatic heterocycles. The number of nitrogens with zero attached hydrogens (tertiary/aromatic N) is 5.